The Morgan fingerprint density at radius 1 is 0.521 bits per heavy atom. The average molecular weight is 612 g/mol. The zero-order chi connectivity index (χ0) is 31.7. The molecule has 0 spiro atoms. The maximum absolute atomic E-state index is 5.45. The van der Waals surface area contributed by atoms with Crippen LogP contribution in [0.2, 0.25) is 0 Å². The van der Waals surface area contributed by atoms with Gasteiger partial charge in [-0.05, 0) is 51.2 Å². The predicted molar refractivity (Wildman–Crippen MR) is 199 cm³/mol. The van der Waals surface area contributed by atoms with Gasteiger partial charge in [-0.3, -0.25) is 0 Å². The zero-order valence-electron chi connectivity index (χ0n) is 26.6. The van der Waals surface area contributed by atoms with E-state index in [9.17, 15) is 0 Å². The van der Waals surface area contributed by atoms with Gasteiger partial charge in [0.1, 0.15) is 0 Å². The van der Waals surface area contributed by atoms with Gasteiger partial charge in [-0.25, -0.2) is 9.97 Å². The smallest absolute Gasteiger partial charge is 0.161 e. The largest absolute Gasteiger partial charge is 0.308 e. The van der Waals surface area contributed by atoms with E-state index >= 15 is 0 Å². The minimum absolute atomic E-state index is 0.0971. The molecule has 48 heavy (non-hydrogen) atoms. The second-order valence-electron chi connectivity index (χ2n) is 13.7. The number of hydrogen-bond donors (Lipinski definition) is 0. The fraction of sp³-hybridized carbons (Fsp3) is 0.0667. The summed E-state index contributed by atoms with van der Waals surface area (Å²) in [5, 5.41) is 5.87. The molecule has 11 rings (SSSR count). The molecule has 0 saturated heterocycles. The summed E-state index contributed by atoms with van der Waals surface area (Å²) in [4.78, 5) is 10.8. The van der Waals surface area contributed by atoms with Gasteiger partial charge >= 0.3 is 0 Å². The average Bonchev–Trinajstić information content (AvgIpc) is 3.55. The van der Waals surface area contributed by atoms with Gasteiger partial charge in [0, 0.05) is 43.8 Å². The second kappa shape index (κ2) is 9.05. The van der Waals surface area contributed by atoms with Crippen LogP contribution < -0.4 is 0 Å². The summed E-state index contributed by atoms with van der Waals surface area (Å²) in [7, 11) is 0. The first kappa shape index (κ1) is 26.1. The highest BCUT2D eigenvalue weighted by Crippen LogP contribution is 2.58. The first-order chi connectivity index (χ1) is 23.6. The summed E-state index contributed by atoms with van der Waals surface area (Å²) in [6.45, 7) is 4.74. The van der Waals surface area contributed by atoms with Crippen molar-refractivity contribution in [3.63, 3.8) is 0 Å². The van der Waals surface area contributed by atoms with E-state index in [1.54, 1.807) is 0 Å². The van der Waals surface area contributed by atoms with Gasteiger partial charge in [0.15, 0.2) is 5.82 Å². The van der Waals surface area contributed by atoms with E-state index in [1.807, 2.05) is 0 Å². The maximum Gasteiger partial charge on any atom is 0.161 e. The van der Waals surface area contributed by atoms with Crippen LogP contribution in [0.15, 0.2) is 140 Å². The maximum atomic E-state index is 5.45. The van der Waals surface area contributed by atoms with Crippen LogP contribution in [-0.4, -0.2) is 14.5 Å². The Labute approximate surface area is 277 Å². The van der Waals surface area contributed by atoms with Gasteiger partial charge in [-0.15, -0.1) is 0 Å². The standard InChI is InChI=1S/C45H29N3/c1-45(2)33-19-10-17-30-29-16-8-9-20-36(29)48-37-21-11-18-32(38(37)31-23-24-34(45)41(39(30)33)43(31)48)44-46-35-25-22-26-12-6-7-15-28(26)40(35)42(47-44)27-13-4-3-5-14-27/h3-25H,1-2H3. The summed E-state index contributed by atoms with van der Waals surface area (Å²) in [6, 6.07) is 50.6. The Morgan fingerprint density at radius 2 is 1.27 bits per heavy atom. The molecular weight excluding hydrogens is 583 g/mol. The van der Waals surface area contributed by atoms with Crippen LogP contribution in [-0.2, 0) is 5.41 Å². The third-order valence-electron chi connectivity index (χ3n) is 10.9. The van der Waals surface area contributed by atoms with Crippen molar-refractivity contribution in [3.05, 3.63) is 151 Å². The van der Waals surface area contributed by atoms with Crippen molar-refractivity contribution in [2.75, 3.05) is 0 Å². The Kier molecular flexibility index (Phi) is 4.91. The molecule has 0 unspecified atom stereocenters. The van der Waals surface area contributed by atoms with E-state index in [4.69, 9.17) is 9.97 Å². The van der Waals surface area contributed by atoms with Crippen LogP contribution in [0.5, 0.6) is 0 Å². The van der Waals surface area contributed by atoms with Crippen LogP contribution in [0, 0.1) is 0 Å². The fourth-order valence-electron chi connectivity index (χ4n) is 8.80. The topological polar surface area (TPSA) is 30.7 Å². The highest BCUT2D eigenvalue weighted by atomic mass is 15.0. The van der Waals surface area contributed by atoms with Crippen molar-refractivity contribution in [2.45, 2.75) is 19.3 Å². The molecule has 0 atom stereocenters. The quantitative estimate of drug-likeness (QED) is 0.182. The molecule has 0 N–H and O–H groups in total. The molecule has 3 nitrogen and oxygen atoms in total. The van der Waals surface area contributed by atoms with Gasteiger partial charge in [0.2, 0.25) is 0 Å². The first-order valence-corrected chi connectivity index (χ1v) is 16.7. The van der Waals surface area contributed by atoms with E-state index < -0.39 is 0 Å². The molecule has 2 aliphatic rings. The molecule has 0 radical (unpaired) electrons. The first-order valence-electron chi connectivity index (χ1n) is 16.7. The van der Waals surface area contributed by atoms with Crippen molar-refractivity contribution in [1.29, 1.82) is 0 Å². The summed E-state index contributed by atoms with van der Waals surface area (Å²) < 4.78 is 2.51. The predicted octanol–water partition coefficient (Wildman–Crippen LogP) is 11.5. The van der Waals surface area contributed by atoms with Gasteiger partial charge in [-0.2, -0.15) is 0 Å². The Morgan fingerprint density at radius 3 is 2.19 bits per heavy atom. The van der Waals surface area contributed by atoms with Gasteiger partial charge in [-0.1, -0.05) is 135 Å². The lowest BCUT2D eigenvalue weighted by atomic mass is 9.81. The van der Waals surface area contributed by atoms with Crippen LogP contribution in [0.1, 0.15) is 25.0 Å². The lowest BCUT2D eigenvalue weighted by Gasteiger charge is -2.22. The van der Waals surface area contributed by atoms with E-state index in [0.717, 1.165) is 33.5 Å². The van der Waals surface area contributed by atoms with E-state index in [2.05, 4.69) is 158 Å². The third-order valence-corrected chi connectivity index (χ3v) is 10.9. The Bertz CT molecular complexity index is 2860. The van der Waals surface area contributed by atoms with Crippen LogP contribution in [0.4, 0.5) is 0 Å². The number of fused-ring (bicyclic) bond motifs is 9. The lowest BCUT2D eigenvalue weighted by Crippen LogP contribution is -2.15. The number of hydrogen-bond acceptors (Lipinski definition) is 2. The minimum Gasteiger partial charge on any atom is -0.308 e. The Balaban J connectivity index is 1.30. The number of rotatable bonds is 2. The molecule has 1 aliphatic carbocycles. The summed E-state index contributed by atoms with van der Waals surface area (Å²) in [6.07, 6.45) is 0. The molecule has 3 heteroatoms. The number of aromatic nitrogens is 3. The summed E-state index contributed by atoms with van der Waals surface area (Å²) in [5.74, 6) is 0.744. The van der Waals surface area contributed by atoms with Gasteiger partial charge in [0.05, 0.1) is 27.9 Å². The number of nitrogens with zero attached hydrogens (tertiary/aromatic N) is 3. The fourth-order valence-corrected chi connectivity index (χ4v) is 8.80. The van der Waals surface area contributed by atoms with Crippen LogP contribution >= 0.6 is 0 Å². The van der Waals surface area contributed by atoms with E-state index in [1.165, 1.54) is 71.6 Å². The molecule has 1 aliphatic heterocycles. The number of para-hydroxylation sites is 1. The molecule has 0 saturated carbocycles. The zero-order valence-corrected chi connectivity index (χ0v) is 26.6. The van der Waals surface area contributed by atoms with Crippen molar-refractivity contribution in [2.24, 2.45) is 0 Å². The molecular formula is C45H29N3. The van der Waals surface area contributed by atoms with Crippen LogP contribution in [0.25, 0.3) is 94.1 Å². The van der Waals surface area contributed by atoms with Crippen molar-refractivity contribution in [3.8, 4) is 50.6 Å². The highest BCUT2D eigenvalue weighted by Gasteiger charge is 2.41. The number of benzene rings is 7. The third kappa shape index (κ3) is 3.18. The Hall–Kier alpha value is -6.06. The molecule has 3 heterocycles. The van der Waals surface area contributed by atoms with Crippen molar-refractivity contribution >= 4 is 43.5 Å². The highest BCUT2D eigenvalue weighted by molar-refractivity contribution is 6.22. The van der Waals surface area contributed by atoms with Gasteiger partial charge < -0.3 is 4.57 Å². The molecule has 9 aromatic rings. The monoisotopic (exact) mass is 611 g/mol. The molecule has 7 aromatic carbocycles. The van der Waals surface area contributed by atoms with E-state index in [-0.39, 0.29) is 5.41 Å². The lowest BCUT2D eigenvalue weighted by molar-refractivity contribution is 0.661. The minimum atomic E-state index is -0.0971. The summed E-state index contributed by atoms with van der Waals surface area (Å²) in [5.41, 5.74) is 15.7. The van der Waals surface area contributed by atoms with Gasteiger partial charge in [0.25, 0.3) is 0 Å². The van der Waals surface area contributed by atoms with E-state index in [0.29, 0.717) is 0 Å². The van der Waals surface area contributed by atoms with Crippen LogP contribution in [0.3, 0.4) is 0 Å². The molecule has 0 bridgehead atoms. The van der Waals surface area contributed by atoms with Crippen molar-refractivity contribution in [1.82, 2.24) is 14.5 Å². The summed E-state index contributed by atoms with van der Waals surface area (Å²) >= 11 is 0. The second-order valence-corrected chi connectivity index (χ2v) is 13.7. The SMILES string of the molecule is CC1(C)c2cccc3c2-c2c1ccc1c4c(-c5nc(-c6ccccc6)c6c(ccc7ccccc76)n5)cccc4n(c21)-c1ccccc1-3. The molecule has 2 aromatic heterocycles. The molecule has 0 amide bonds. The molecule has 224 valence electrons. The molecule has 0 fully saturated rings. The van der Waals surface area contributed by atoms with Crippen molar-refractivity contribution < 1.29 is 0 Å². The normalized spacial score (nSPS) is 13.8.